The van der Waals surface area contributed by atoms with Gasteiger partial charge in [-0.3, -0.25) is 9.69 Å². The van der Waals surface area contributed by atoms with Crippen molar-refractivity contribution >= 4 is 17.5 Å². The number of amides is 1. The third kappa shape index (κ3) is 5.82. The quantitative estimate of drug-likeness (QED) is 0.546. The summed E-state index contributed by atoms with van der Waals surface area (Å²) in [5, 5.41) is 7.65. The molecule has 1 fully saturated rings. The molecule has 1 aromatic heterocycles. The molecule has 0 spiro atoms. The minimum absolute atomic E-state index is 0.0505. The van der Waals surface area contributed by atoms with Crippen LogP contribution in [-0.2, 0) is 10.2 Å². The zero-order chi connectivity index (χ0) is 23.4. The van der Waals surface area contributed by atoms with E-state index in [1.165, 1.54) is 11.1 Å². The largest absolute Gasteiger partial charge is 0.379 e. The van der Waals surface area contributed by atoms with Gasteiger partial charge in [-0.1, -0.05) is 61.8 Å². The molecule has 1 aliphatic heterocycles. The number of benzene rings is 2. The van der Waals surface area contributed by atoms with Crippen molar-refractivity contribution in [1.82, 2.24) is 15.4 Å². The fourth-order valence-corrected chi connectivity index (χ4v) is 4.09. The molecule has 0 saturated carbocycles. The Kier molecular flexibility index (Phi) is 7.17. The second-order valence-corrected chi connectivity index (χ2v) is 9.77. The molecule has 6 nitrogen and oxygen atoms in total. The van der Waals surface area contributed by atoms with E-state index in [1.54, 1.807) is 18.2 Å². The highest BCUT2D eigenvalue weighted by Gasteiger charge is 2.25. The highest BCUT2D eigenvalue weighted by molar-refractivity contribution is 6.30. The van der Waals surface area contributed by atoms with E-state index >= 15 is 0 Å². The fourth-order valence-electron chi connectivity index (χ4n) is 3.96. The lowest BCUT2D eigenvalue weighted by atomic mass is 9.86. The summed E-state index contributed by atoms with van der Waals surface area (Å²) >= 11 is 5.95. The average Bonchev–Trinajstić information content (AvgIpc) is 3.30. The Morgan fingerprint density at radius 2 is 1.76 bits per heavy atom. The Morgan fingerprint density at radius 3 is 2.39 bits per heavy atom. The number of ether oxygens (including phenoxy) is 1. The van der Waals surface area contributed by atoms with E-state index in [9.17, 15) is 4.79 Å². The normalized spacial score (nSPS) is 15.9. The molecule has 2 aromatic carbocycles. The van der Waals surface area contributed by atoms with Gasteiger partial charge in [-0.05, 0) is 40.8 Å². The minimum atomic E-state index is -0.261. The van der Waals surface area contributed by atoms with Gasteiger partial charge in [-0.15, -0.1) is 0 Å². The molecule has 0 unspecified atom stereocenters. The predicted molar refractivity (Wildman–Crippen MR) is 130 cm³/mol. The number of hydrogen-bond donors (Lipinski definition) is 1. The number of carbonyl (C=O) groups is 1. The van der Waals surface area contributed by atoms with Crippen LogP contribution in [0.3, 0.4) is 0 Å². The Bertz CT molecular complexity index is 1070. The number of rotatable bonds is 6. The maximum Gasteiger partial charge on any atom is 0.273 e. The average molecular weight is 468 g/mol. The summed E-state index contributed by atoms with van der Waals surface area (Å²) in [6, 6.07) is 17.6. The van der Waals surface area contributed by atoms with E-state index in [2.05, 4.69) is 60.4 Å². The monoisotopic (exact) mass is 467 g/mol. The van der Waals surface area contributed by atoms with E-state index < -0.39 is 0 Å². The number of morpholine rings is 1. The third-order valence-corrected chi connectivity index (χ3v) is 6.23. The molecule has 2 heterocycles. The molecular formula is C26H30ClN3O3. The van der Waals surface area contributed by atoms with Gasteiger partial charge in [0, 0.05) is 36.3 Å². The van der Waals surface area contributed by atoms with Crippen LogP contribution in [-0.4, -0.2) is 48.8 Å². The van der Waals surface area contributed by atoms with Gasteiger partial charge in [-0.25, -0.2) is 0 Å². The number of carbonyl (C=O) groups excluding carboxylic acids is 1. The Balaban J connectivity index is 1.47. The van der Waals surface area contributed by atoms with Gasteiger partial charge in [-0.2, -0.15) is 0 Å². The SMILES string of the molecule is CC(C)(C)c1ccc([C@H](CNC(=O)c2cc(-c3ccc(Cl)cc3)on2)N2CCOCC2)cc1. The first kappa shape index (κ1) is 23.5. The van der Waals surface area contributed by atoms with E-state index in [0.29, 0.717) is 30.5 Å². The molecule has 7 heteroatoms. The van der Waals surface area contributed by atoms with Crippen molar-refractivity contribution < 1.29 is 14.1 Å². The van der Waals surface area contributed by atoms with Crippen LogP contribution in [0.1, 0.15) is 48.4 Å². The molecule has 1 aliphatic rings. The molecular weight excluding hydrogens is 438 g/mol. The van der Waals surface area contributed by atoms with Crippen molar-refractivity contribution in [2.75, 3.05) is 32.8 Å². The zero-order valence-electron chi connectivity index (χ0n) is 19.3. The summed E-state index contributed by atoms with van der Waals surface area (Å²) in [6.07, 6.45) is 0. The van der Waals surface area contributed by atoms with Crippen LogP contribution in [0.2, 0.25) is 5.02 Å². The summed E-state index contributed by atoms with van der Waals surface area (Å²) < 4.78 is 10.9. The topological polar surface area (TPSA) is 67.6 Å². The molecule has 3 aromatic rings. The molecule has 33 heavy (non-hydrogen) atoms. The van der Waals surface area contributed by atoms with Gasteiger partial charge in [0.2, 0.25) is 0 Å². The number of nitrogens with one attached hydrogen (secondary N) is 1. The summed E-state index contributed by atoms with van der Waals surface area (Å²) in [5.41, 5.74) is 3.62. The molecule has 4 rings (SSSR count). The van der Waals surface area contributed by atoms with Gasteiger partial charge in [0.05, 0.1) is 19.3 Å². The van der Waals surface area contributed by atoms with Crippen LogP contribution in [0.25, 0.3) is 11.3 Å². The Hall–Kier alpha value is -2.67. The molecule has 1 N–H and O–H groups in total. The van der Waals surface area contributed by atoms with Crippen molar-refractivity contribution in [2.45, 2.75) is 32.2 Å². The van der Waals surface area contributed by atoms with Gasteiger partial charge in [0.15, 0.2) is 11.5 Å². The van der Waals surface area contributed by atoms with Crippen molar-refractivity contribution in [2.24, 2.45) is 0 Å². The van der Waals surface area contributed by atoms with Crippen LogP contribution < -0.4 is 5.32 Å². The zero-order valence-corrected chi connectivity index (χ0v) is 20.1. The van der Waals surface area contributed by atoms with Crippen LogP contribution in [0.5, 0.6) is 0 Å². The molecule has 1 amide bonds. The number of nitrogens with zero attached hydrogens (tertiary/aromatic N) is 2. The summed E-state index contributed by atoms with van der Waals surface area (Å²) in [5.74, 6) is 0.267. The van der Waals surface area contributed by atoms with Crippen molar-refractivity contribution in [1.29, 1.82) is 0 Å². The lowest BCUT2D eigenvalue weighted by Crippen LogP contribution is -2.43. The minimum Gasteiger partial charge on any atom is -0.379 e. The maximum atomic E-state index is 12.8. The van der Waals surface area contributed by atoms with Crippen LogP contribution in [0, 0.1) is 0 Å². The standard InChI is InChI=1S/C26H30ClN3O3/c1-26(2,3)20-8-4-18(5-9-20)23(30-12-14-32-15-13-30)17-28-25(31)22-16-24(33-29-22)19-6-10-21(27)11-7-19/h4-11,16,23H,12-15,17H2,1-3H3,(H,28,31)/t23-/m0/s1. The maximum absolute atomic E-state index is 12.8. The smallest absolute Gasteiger partial charge is 0.273 e. The summed E-state index contributed by atoms with van der Waals surface area (Å²) in [7, 11) is 0. The first-order valence-electron chi connectivity index (χ1n) is 11.2. The predicted octanol–water partition coefficient (Wildman–Crippen LogP) is 5.10. The van der Waals surface area contributed by atoms with Gasteiger partial charge in [0.1, 0.15) is 0 Å². The van der Waals surface area contributed by atoms with E-state index in [1.807, 2.05) is 12.1 Å². The number of hydrogen-bond acceptors (Lipinski definition) is 5. The van der Waals surface area contributed by atoms with Crippen LogP contribution in [0.4, 0.5) is 0 Å². The highest BCUT2D eigenvalue weighted by atomic mass is 35.5. The number of halogens is 1. The van der Waals surface area contributed by atoms with Crippen molar-refractivity contribution in [3.05, 3.63) is 76.4 Å². The summed E-state index contributed by atoms with van der Waals surface area (Å²) in [4.78, 5) is 15.2. The highest BCUT2D eigenvalue weighted by Crippen LogP contribution is 2.27. The van der Waals surface area contributed by atoms with E-state index in [4.69, 9.17) is 20.9 Å². The first-order chi connectivity index (χ1) is 15.8. The third-order valence-electron chi connectivity index (χ3n) is 5.98. The molecule has 0 aliphatic carbocycles. The molecule has 1 atom stereocenters. The lowest BCUT2D eigenvalue weighted by molar-refractivity contribution is 0.0162. The Morgan fingerprint density at radius 1 is 1.09 bits per heavy atom. The first-order valence-corrected chi connectivity index (χ1v) is 11.6. The lowest BCUT2D eigenvalue weighted by Gasteiger charge is -2.35. The second-order valence-electron chi connectivity index (χ2n) is 9.33. The summed E-state index contributed by atoms with van der Waals surface area (Å²) in [6.45, 7) is 10.1. The van der Waals surface area contributed by atoms with Crippen molar-refractivity contribution in [3.63, 3.8) is 0 Å². The molecule has 174 valence electrons. The van der Waals surface area contributed by atoms with Crippen LogP contribution >= 0.6 is 11.6 Å². The molecule has 0 radical (unpaired) electrons. The van der Waals surface area contributed by atoms with Gasteiger partial charge >= 0.3 is 0 Å². The second kappa shape index (κ2) is 10.1. The Labute approximate surface area is 199 Å². The van der Waals surface area contributed by atoms with Gasteiger partial charge < -0.3 is 14.6 Å². The van der Waals surface area contributed by atoms with Gasteiger partial charge in [0.25, 0.3) is 5.91 Å². The molecule has 0 bridgehead atoms. The number of aromatic nitrogens is 1. The van der Waals surface area contributed by atoms with E-state index in [-0.39, 0.29) is 23.1 Å². The molecule has 1 saturated heterocycles. The van der Waals surface area contributed by atoms with Crippen LogP contribution in [0.15, 0.2) is 59.1 Å². The van der Waals surface area contributed by atoms with E-state index in [0.717, 1.165) is 18.7 Å². The van der Waals surface area contributed by atoms with Crippen molar-refractivity contribution in [3.8, 4) is 11.3 Å². The fraction of sp³-hybridized carbons (Fsp3) is 0.385.